The van der Waals surface area contributed by atoms with Crippen molar-refractivity contribution in [3.05, 3.63) is 29.3 Å². The maximum Gasteiger partial charge on any atom is 0.251 e. The molecule has 1 amide bonds. The molecule has 0 unspecified atom stereocenters. The van der Waals surface area contributed by atoms with Gasteiger partial charge in [-0.2, -0.15) is 0 Å². The van der Waals surface area contributed by atoms with Crippen LogP contribution in [0, 0.1) is 6.92 Å². The Bertz CT molecular complexity index is 648. The van der Waals surface area contributed by atoms with E-state index in [9.17, 15) is 13.2 Å². The maximum absolute atomic E-state index is 12.6. The zero-order valence-electron chi connectivity index (χ0n) is 13.9. The standard InChI is InChI=1S/C17H26N2O3S/c1-13-10-11-15(23(21,22)18-2)12-16(13)17(20)19-14-8-6-4-3-5-7-9-14/h10-12,14,18H,3-9H2,1-2H3,(H,19,20). The molecule has 5 nitrogen and oxygen atoms in total. The van der Waals surface area contributed by atoms with Crippen molar-refractivity contribution in [2.45, 2.75) is 62.8 Å². The van der Waals surface area contributed by atoms with Crippen molar-refractivity contribution in [2.24, 2.45) is 0 Å². The molecular formula is C17H26N2O3S. The normalized spacial score (nSPS) is 17.3. The third kappa shape index (κ3) is 4.78. The molecule has 1 aliphatic carbocycles. The van der Waals surface area contributed by atoms with Gasteiger partial charge in [0.1, 0.15) is 0 Å². The minimum atomic E-state index is -3.54. The molecule has 0 atom stereocenters. The van der Waals surface area contributed by atoms with Gasteiger partial charge in [0.15, 0.2) is 0 Å². The SMILES string of the molecule is CNS(=O)(=O)c1ccc(C)c(C(=O)NC2CCCCCCC2)c1. The second-order valence-electron chi connectivity index (χ2n) is 6.20. The number of hydrogen-bond acceptors (Lipinski definition) is 3. The third-order valence-electron chi connectivity index (χ3n) is 4.47. The van der Waals surface area contributed by atoms with E-state index in [-0.39, 0.29) is 16.8 Å². The van der Waals surface area contributed by atoms with Crippen LogP contribution in [0.15, 0.2) is 23.1 Å². The second kappa shape index (κ2) is 7.93. The van der Waals surface area contributed by atoms with Crippen LogP contribution in [0.3, 0.4) is 0 Å². The van der Waals surface area contributed by atoms with Gasteiger partial charge >= 0.3 is 0 Å². The Morgan fingerprint density at radius 2 is 1.70 bits per heavy atom. The van der Waals surface area contributed by atoms with Gasteiger partial charge in [0.25, 0.3) is 5.91 Å². The number of benzene rings is 1. The molecule has 1 aromatic rings. The average Bonchev–Trinajstić information content (AvgIpc) is 2.50. The van der Waals surface area contributed by atoms with Crippen molar-refractivity contribution in [3.63, 3.8) is 0 Å². The fourth-order valence-electron chi connectivity index (χ4n) is 2.99. The van der Waals surface area contributed by atoms with Crippen molar-refractivity contribution in [2.75, 3.05) is 7.05 Å². The van der Waals surface area contributed by atoms with E-state index in [1.165, 1.54) is 38.4 Å². The van der Waals surface area contributed by atoms with Crippen molar-refractivity contribution < 1.29 is 13.2 Å². The first-order valence-corrected chi connectivity index (χ1v) is 9.77. The summed E-state index contributed by atoms with van der Waals surface area (Å²) in [5.74, 6) is -0.179. The lowest BCUT2D eigenvalue weighted by molar-refractivity contribution is 0.0929. The number of sulfonamides is 1. The van der Waals surface area contributed by atoms with E-state index >= 15 is 0 Å². The number of carbonyl (C=O) groups excluding carboxylic acids is 1. The van der Waals surface area contributed by atoms with Crippen LogP contribution in [0.2, 0.25) is 0 Å². The molecule has 1 saturated carbocycles. The lowest BCUT2D eigenvalue weighted by Gasteiger charge is -2.21. The van der Waals surface area contributed by atoms with E-state index in [1.54, 1.807) is 6.07 Å². The molecule has 2 rings (SSSR count). The Labute approximate surface area is 138 Å². The van der Waals surface area contributed by atoms with Crippen LogP contribution in [-0.2, 0) is 10.0 Å². The highest BCUT2D eigenvalue weighted by molar-refractivity contribution is 7.89. The number of aryl methyl sites for hydroxylation is 1. The summed E-state index contributed by atoms with van der Waals surface area (Å²) in [6.07, 6.45) is 8.00. The van der Waals surface area contributed by atoms with Gasteiger partial charge in [0.05, 0.1) is 4.90 Å². The molecule has 1 aliphatic rings. The molecule has 0 aromatic heterocycles. The van der Waals surface area contributed by atoms with Gasteiger partial charge in [0, 0.05) is 11.6 Å². The van der Waals surface area contributed by atoms with Gasteiger partial charge in [-0.3, -0.25) is 4.79 Å². The highest BCUT2D eigenvalue weighted by Crippen LogP contribution is 2.19. The van der Waals surface area contributed by atoms with Gasteiger partial charge in [-0.05, 0) is 44.5 Å². The Morgan fingerprint density at radius 3 is 2.30 bits per heavy atom. The number of rotatable bonds is 4. The molecule has 0 aliphatic heterocycles. The molecule has 0 radical (unpaired) electrons. The summed E-state index contributed by atoms with van der Waals surface area (Å²) in [5.41, 5.74) is 1.21. The molecule has 0 bridgehead atoms. The number of carbonyl (C=O) groups is 1. The molecule has 0 saturated heterocycles. The zero-order valence-corrected chi connectivity index (χ0v) is 14.7. The monoisotopic (exact) mass is 338 g/mol. The molecule has 0 spiro atoms. The summed E-state index contributed by atoms with van der Waals surface area (Å²) >= 11 is 0. The molecule has 1 fully saturated rings. The number of amides is 1. The van der Waals surface area contributed by atoms with Gasteiger partial charge in [-0.25, -0.2) is 13.1 Å². The topological polar surface area (TPSA) is 75.3 Å². The van der Waals surface area contributed by atoms with E-state index in [4.69, 9.17) is 0 Å². The van der Waals surface area contributed by atoms with Crippen LogP contribution in [0.25, 0.3) is 0 Å². The van der Waals surface area contributed by atoms with Crippen molar-refractivity contribution >= 4 is 15.9 Å². The van der Waals surface area contributed by atoms with E-state index < -0.39 is 10.0 Å². The average molecular weight is 338 g/mol. The first kappa shape index (κ1) is 17.9. The Hall–Kier alpha value is -1.40. The van der Waals surface area contributed by atoms with Gasteiger partial charge < -0.3 is 5.32 Å². The number of nitrogens with one attached hydrogen (secondary N) is 2. The lowest BCUT2D eigenvalue weighted by Crippen LogP contribution is -2.35. The number of hydrogen-bond donors (Lipinski definition) is 2. The first-order chi connectivity index (χ1) is 10.9. The Morgan fingerprint density at radius 1 is 1.09 bits per heavy atom. The van der Waals surface area contributed by atoms with Crippen LogP contribution in [0.4, 0.5) is 0 Å². The van der Waals surface area contributed by atoms with Gasteiger partial charge in [-0.1, -0.05) is 38.2 Å². The fourth-order valence-corrected chi connectivity index (χ4v) is 3.75. The summed E-state index contributed by atoms with van der Waals surface area (Å²) in [6, 6.07) is 4.84. The predicted molar refractivity (Wildman–Crippen MR) is 91.0 cm³/mol. The minimum Gasteiger partial charge on any atom is -0.349 e. The van der Waals surface area contributed by atoms with E-state index in [0.717, 1.165) is 31.2 Å². The minimum absolute atomic E-state index is 0.119. The second-order valence-corrected chi connectivity index (χ2v) is 8.09. The zero-order chi connectivity index (χ0) is 16.9. The van der Waals surface area contributed by atoms with Crippen LogP contribution in [-0.4, -0.2) is 27.4 Å². The van der Waals surface area contributed by atoms with Crippen LogP contribution >= 0.6 is 0 Å². The van der Waals surface area contributed by atoms with Crippen LogP contribution < -0.4 is 10.0 Å². The highest BCUT2D eigenvalue weighted by atomic mass is 32.2. The third-order valence-corrected chi connectivity index (χ3v) is 5.89. The predicted octanol–water partition coefficient (Wildman–Crippen LogP) is 2.75. The quantitative estimate of drug-likeness (QED) is 0.886. The van der Waals surface area contributed by atoms with Crippen molar-refractivity contribution in [3.8, 4) is 0 Å². The summed E-state index contributed by atoms with van der Waals surface area (Å²) < 4.78 is 26.1. The van der Waals surface area contributed by atoms with E-state index in [0.29, 0.717) is 5.56 Å². The van der Waals surface area contributed by atoms with Gasteiger partial charge in [-0.15, -0.1) is 0 Å². The van der Waals surface area contributed by atoms with E-state index in [2.05, 4.69) is 10.0 Å². The summed E-state index contributed by atoms with van der Waals surface area (Å²) in [5, 5.41) is 3.09. The van der Waals surface area contributed by atoms with Gasteiger partial charge in [0.2, 0.25) is 10.0 Å². The van der Waals surface area contributed by atoms with Crippen molar-refractivity contribution in [1.29, 1.82) is 0 Å². The first-order valence-electron chi connectivity index (χ1n) is 8.29. The molecule has 23 heavy (non-hydrogen) atoms. The smallest absolute Gasteiger partial charge is 0.251 e. The highest BCUT2D eigenvalue weighted by Gasteiger charge is 2.19. The van der Waals surface area contributed by atoms with E-state index in [1.807, 2.05) is 6.92 Å². The molecule has 128 valence electrons. The largest absolute Gasteiger partial charge is 0.349 e. The molecule has 2 N–H and O–H groups in total. The van der Waals surface area contributed by atoms with Crippen LogP contribution in [0.5, 0.6) is 0 Å². The molecule has 6 heteroatoms. The molecule has 1 aromatic carbocycles. The summed E-state index contributed by atoms with van der Waals surface area (Å²) in [7, 11) is -2.18. The Kier molecular flexibility index (Phi) is 6.18. The lowest BCUT2D eigenvalue weighted by atomic mass is 9.96. The van der Waals surface area contributed by atoms with Crippen molar-refractivity contribution in [1.82, 2.24) is 10.0 Å². The Balaban J connectivity index is 2.16. The molecule has 0 heterocycles. The molecular weight excluding hydrogens is 312 g/mol. The summed E-state index contributed by atoms with van der Waals surface area (Å²) in [6.45, 7) is 1.82. The van der Waals surface area contributed by atoms with Crippen LogP contribution in [0.1, 0.15) is 60.9 Å². The fraction of sp³-hybridized carbons (Fsp3) is 0.588. The maximum atomic E-state index is 12.6. The summed E-state index contributed by atoms with van der Waals surface area (Å²) in [4.78, 5) is 12.7.